The number of imidazole rings is 1. The molecule has 162 valence electrons. The fraction of sp³-hybridized carbons (Fsp3) is 0.0952. The third-order valence-corrected chi connectivity index (χ3v) is 4.58. The van der Waals surface area contributed by atoms with Crippen LogP contribution < -0.4 is 5.32 Å². The van der Waals surface area contributed by atoms with E-state index in [4.69, 9.17) is 0 Å². The fourth-order valence-electron chi connectivity index (χ4n) is 3.21. The summed E-state index contributed by atoms with van der Waals surface area (Å²) in [4.78, 5) is 8.44. The molecule has 4 aromatic rings. The van der Waals surface area contributed by atoms with Crippen molar-refractivity contribution in [2.24, 2.45) is 0 Å². The molecule has 5 nitrogen and oxygen atoms in total. The maximum absolute atomic E-state index is 13.9. The van der Waals surface area contributed by atoms with Gasteiger partial charge in [-0.3, -0.25) is 4.57 Å². The van der Waals surface area contributed by atoms with Crippen LogP contribution in [0, 0.1) is 35.7 Å². The van der Waals surface area contributed by atoms with Crippen molar-refractivity contribution >= 4 is 22.5 Å². The maximum Gasteiger partial charge on any atom is 0.419 e. The van der Waals surface area contributed by atoms with Crippen LogP contribution in [0.4, 0.5) is 37.8 Å². The number of anilines is 2. The molecule has 32 heavy (non-hydrogen) atoms. The monoisotopic (exact) mass is 447 g/mol. The molecule has 0 fully saturated rings. The van der Waals surface area contributed by atoms with Gasteiger partial charge >= 0.3 is 6.18 Å². The number of nitriles is 1. The second kappa shape index (κ2) is 7.56. The lowest BCUT2D eigenvalue weighted by Crippen LogP contribution is -2.08. The van der Waals surface area contributed by atoms with Crippen LogP contribution in [0.3, 0.4) is 0 Å². The van der Waals surface area contributed by atoms with E-state index in [1.165, 1.54) is 16.7 Å². The number of benzene rings is 2. The van der Waals surface area contributed by atoms with E-state index in [-0.39, 0.29) is 33.9 Å². The highest BCUT2D eigenvalue weighted by molar-refractivity contribution is 5.78. The molecule has 0 radical (unpaired) electrons. The van der Waals surface area contributed by atoms with Crippen LogP contribution in [0.1, 0.15) is 17.0 Å². The number of halogens is 6. The third kappa shape index (κ3) is 3.82. The van der Waals surface area contributed by atoms with Gasteiger partial charge in [0.25, 0.3) is 0 Å². The molecule has 0 bridgehead atoms. The number of rotatable bonds is 3. The van der Waals surface area contributed by atoms with Crippen LogP contribution in [-0.2, 0) is 6.18 Å². The van der Waals surface area contributed by atoms with Gasteiger partial charge in [0.2, 0.25) is 0 Å². The van der Waals surface area contributed by atoms with Crippen molar-refractivity contribution in [3.05, 3.63) is 76.9 Å². The summed E-state index contributed by atoms with van der Waals surface area (Å²) in [5.74, 6) is -3.21. The first-order chi connectivity index (χ1) is 15.1. The van der Waals surface area contributed by atoms with Crippen molar-refractivity contribution < 1.29 is 26.3 Å². The second-order valence-electron chi connectivity index (χ2n) is 6.78. The number of alkyl halides is 3. The van der Waals surface area contributed by atoms with Crippen molar-refractivity contribution in [2.75, 3.05) is 5.32 Å². The van der Waals surface area contributed by atoms with E-state index >= 15 is 0 Å². The molecule has 2 heterocycles. The van der Waals surface area contributed by atoms with Gasteiger partial charge in [-0.2, -0.15) is 18.4 Å². The Bertz CT molecular complexity index is 1400. The van der Waals surface area contributed by atoms with Gasteiger partial charge < -0.3 is 5.32 Å². The highest BCUT2D eigenvalue weighted by Gasteiger charge is 2.33. The molecule has 0 saturated heterocycles. The van der Waals surface area contributed by atoms with Crippen molar-refractivity contribution in [1.29, 1.82) is 5.26 Å². The van der Waals surface area contributed by atoms with E-state index in [2.05, 4.69) is 15.3 Å². The second-order valence-corrected chi connectivity index (χ2v) is 6.78. The molecule has 0 atom stereocenters. The molecule has 1 N–H and O–H groups in total. The number of hydrogen-bond donors (Lipinski definition) is 1. The van der Waals surface area contributed by atoms with Crippen LogP contribution in [0.2, 0.25) is 0 Å². The molecule has 0 unspecified atom stereocenters. The molecule has 0 aliphatic rings. The SMILES string of the molecule is Cc1nc2cc(F)c(F)cc2n1-c1cc(C#N)cc(Nc2ccc(C(F)(F)F)c(F)c2)n1. The topological polar surface area (TPSA) is 66.5 Å². The Morgan fingerprint density at radius 2 is 1.66 bits per heavy atom. The zero-order chi connectivity index (χ0) is 23.2. The predicted molar refractivity (Wildman–Crippen MR) is 103 cm³/mol. The first kappa shape index (κ1) is 21.2. The zero-order valence-electron chi connectivity index (χ0n) is 16.1. The zero-order valence-corrected chi connectivity index (χ0v) is 16.1. The number of aryl methyl sites for hydroxylation is 1. The van der Waals surface area contributed by atoms with Gasteiger partial charge in [0.15, 0.2) is 11.6 Å². The first-order valence-corrected chi connectivity index (χ1v) is 8.97. The normalized spacial score (nSPS) is 11.6. The minimum absolute atomic E-state index is 0.0158. The quantitative estimate of drug-likeness (QED) is 0.405. The minimum atomic E-state index is -4.84. The van der Waals surface area contributed by atoms with Gasteiger partial charge in [-0.05, 0) is 37.3 Å². The summed E-state index contributed by atoms with van der Waals surface area (Å²) in [6, 6.07) is 8.69. The summed E-state index contributed by atoms with van der Waals surface area (Å²) < 4.78 is 80.9. The molecule has 0 saturated carbocycles. The Morgan fingerprint density at radius 1 is 0.938 bits per heavy atom. The largest absolute Gasteiger partial charge is 0.419 e. The van der Waals surface area contributed by atoms with E-state index in [1.54, 1.807) is 6.92 Å². The molecule has 0 spiro atoms. The van der Waals surface area contributed by atoms with E-state index < -0.39 is 29.2 Å². The highest BCUT2D eigenvalue weighted by atomic mass is 19.4. The maximum atomic E-state index is 13.9. The van der Waals surface area contributed by atoms with E-state index in [0.29, 0.717) is 18.0 Å². The van der Waals surface area contributed by atoms with Gasteiger partial charge in [-0.25, -0.2) is 23.1 Å². The lowest BCUT2D eigenvalue weighted by Gasteiger charge is -2.13. The van der Waals surface area contributed by atoms with Gasteiger partial charge in [0.05, 0.1) is 28.2 Å². The van der Waals surface area contributed by atoms with Crippen molar-refractivity contribution in [3.63, 3.8) is 0 Å². The van der Waals surface area contributed by atoms with Gasteiger partial charge in [0, 0.05) is 17.8 Å². The van der Waals surface area contributed by atoms with Crippen LogP contribution >= 0.6 is 0 Å². The Kier molecular flexibility index (Phi) is 5.00. The molecule has 2 aromatic heterocycles. The summed E-state index contributed by atoms with van der Waals surface area (Å²) >= 11 is 0. The van der Waals surface area contributed by atoms with E-state index in [9.17, 15) is 31.6 Å². The van der Waals surface area contributed by atoms with E-state index in [0.717, 1.165) is 18.2 Å². The molecule has 0 aliphatic carbocycles. The fourth-order valence-corrected chi connectivity index (χ4v) is 3.21. The lowest BCUT2D eigenvalue weighted by molar-refractivity contribution is -0.139. The van der Waals surface area contributed by atoms with Crippen molar-refractivity contribution in [3.8, 4) is 11.9 Å². The summed E-state index contributed by atoms with van der Waals surface area (Å²) in [5, 5.41) is 12.0. The number of nitrogens with zero attached hydrogens (tertiary/aromatic N) is 4. The van der Waals surface area contributed by atoms with Crippen molar-refractivity contribution in [2.45, 2.75) is 13.1 Å². The van der Waals surface area contributed by atoms with Crippen LogP contribution in [0.5, 0.6) is 0 Å². The van der Waals surface area contributed by atoms with Gasteiger partial charge in [-0.1, -0.05) is 0 Å². The molecule has 2 aromatic carbocycles. The first-order valence-electron chi connectivity index (χ1n) is 8.97. The molecule has 0 aliphatic heterocycles. The smallest absolute Gasteiger partial charge is 0.340 e. The summed E-state index contributed by atoms with van der Waals surface area (Å²) in [6.45, 7) is 1.56. The average Bonchev–Trinajstić information content (AvgIpc) is 3.01. The minimum Gasteiger partial charge on any atom is -0.340 e. The Morgan fingerprint density at radius 3 is 2.31 bits per heavy atom. The summed E-state index contributed by atoms with van der Waals surface area (Å²) in [5.41, 5.74) is -1.00. The van der Waals surface area contributed by atoms with Gasteiger partial charge in [0.1, 0.15) is 23.3 Å². The van der Waals surface area contributed by atoms with Crippen LogP contribution in [0.25, 0.3) is 16.9 Å². The lowest BCUT2D eigenvalue weighted by atomic mass is 10.2. The Labute approximate surface area is 176 Å². The average molecular weight is 447 g/mol. The van der Waals surface area contributed by atoms with Crippen LogP contribution in [0.15, 0.2) is 42.5 Å². The van der Waals surface area contributed by atoms with E-state index in [1.807, 2.05) is 6.07 Å². The Balaban J connectivity index is 1.79. The molecule has 0 amide bonds. The number of hydrogen-bond acceptors (Lipinski definition) is 4. The molecular weight excluding hydrogens is 436 g/mol. The number of fused-ring (bicyclic) bond motifs is 1. The molecule has 11 heteroatoms. The number of aromatic nitrogens is 3. The third-order valence-electron chi connectivity index (χ3n) is 4.58. The highest BCUT2D eigenvalue weighted by Crippen LogP contribution is 2.33. The van der Waals surface area contributed by atoms with Crippen molar-refractivity contribution in [1.82, 2.24) is 14.5 Å². The molecular formula is C21H11F6N5. The predicted octanol–water partition coefficient (Wildman–Crippen LogP) is 5.78. The summed E-state index contributed by atoms with van der Waals surface area (Å²) in [6.07, 6.45) is -4.84. The number of nitrogens with one attached hydrogen (secondary N) is 1. The van der Waals surface area contributed by atoms with Gasteiger partial charge in [-0.15, -0.1) is 0 Å². The Hall–Kier alpha value is -4.07. The molecule has 4 rings (SSSR count). The van der Waals surface area contributed by atoms with Crippen LogP contribution in [-0.4, -0.2) is 14.5 Å². The number of pyridine rings is 1. The standard InChI is InChI=1S/C21H11F6N5/c1-10-29-17-7-15(23)16(24)8-18(17)32(10)20-5-11(9-28)4-19(31-20)30-12-2-3-13(14(22)6-12)21(25,26)27/h2-8H,1H3,(H,30,31). The summed E-state index contributed by atoms with van der Waals surface area (Å²) in [7, 11) is 0.